The molecule has 1 unspecified atom stereocenters. The summed E-state index contributed by atoms with van der Waals surface area (Å²) in [5.41, 5.74) is 4.06. The second-order valence-electron chi connectivity index (χ2n) is 5.36. The summed E-state index contributed by atoms with van der Waals surface area (Å²) < 4.78 is 5.97. The van der Waals surface area contributed by atoms with Crippen LogP contribution in [-0.2, 0) is 4.74 Å². The maximum atomic E-state index is 5.97. The molecule has 18 heavy (non-hydrogen) atoms. The molecule has 2 nitrogen and oxygen atoms in total. The van der Waals surface area contributed by atoms with E-state index in [1.165, 1.54) is 36.0 Å². The van der Waals surface area contributed by atoms with Crippen LogP contribution >= 0.6 is 0 Å². The third-order valence-electron chi connectivity index (χ3n) is 3.80. The first kappa shape index (κ1) is 13.6. The second-order valence-corrected chi connectivity index (χ2v) is 5.36. The molecule has 1 saturated carbocycles. The lowest BCUT2D eigenvalue weighted by Crippen LogP contribution is -2.30. The van der Waals surface area contributed by atoms with Crippen LogP contribution in [0, 0.1) is 13.8 Å². The van der Waals surface area contributed by atoms with Crippen molar-refractivity contribution in [3.8, 4) is 0 Å². The minimum atomic E-state index is 0.330. The number of hydrogen-bond donors (Lipinski definition) is 1. The van der Waals surface area contributed by atoms with Crippen molar-refractivity contribution in [2.24, 2.45) is 0 Å². The summed E-state index contributed by atoms with van der Waals surface area (Å²) in [6.45, 7) is 8.26. The standard InChI is InChI=1S/C16H25NO/c1-4-17-16(11-18-14-6-5-7-14)15-9-8-12(2)10-13(15)3/h8-10,14,16-17H,4-7,11H2,1-3H3. The Morgan fingerprint density at radius 1 is 1.33 bits per heavy atom. The van der Waals surface area contributed by atoms with Crippen molar-refractivity contribution in [2.75, 3.05) is 13.2 Å². The topological polar surface area (TPSA) is 21.3 Å². The summed E-state index contributed by atoms with van der Waals surface area (Å²) in [5, 5.41) is 3.54. The van der Waals surface area contributed by atoms with Gasteiger partial charge in [-0.05, 0) is 50.8 Å². The number of rotatable bonds is 6. The van der Waals surface area contributed by atoms with E-state index < -0.39 is 0 Å². The van der Waals surface area contributed by atoms with E-state index in [4.69, 9.17) is 4.74 Å². The Labute approximate surface area is 111 Å². The first-order valence-electron chi connectivity index (χ1n) is 7.13. The first-order valence-corrected chi connectivity index (χ1v) is 7.13. The number of benzene rings is 1. The summed E-state index contributed by atoms with van der Waals surface area (Å²) >= 11 is 0. The molecule has 1 aromatic rings. The summed E-state index contributed by atoms with van der Waals surface area (Å²) in [5.74, 6) is 0. The molecule has 0 bridgehead atoms. The van der Waals surface area contributed by atoms with Crippen molar-refractivity contribution < 1.29 is 4.74 Å². The average molecular weight is 247 g/mol. The Hall–Kier alpha value is -0.860. The fourth-order valence-electron chi connectivity index (χ4n) is 2.49. The molecule has 0 spiro atoms. The van der Waals surface area contributed by atoms with Gasteiger partial charge < -0.3 is 10.1 Å². The van der Waals surface area contributed by atoms with Gasteiger partial charge in [0.2, 0.25) is 0 Å². The van der Waals surface area contributed by atoms with Crippen LogP contribution in [0.4, 0.5) is 0 Å². The SMILES string of the molecule is CCNC(COC1CCC1)c1ccc(C)cc1C. The summed E-state index contributed by atoms with van der Waals surface area (Å²) in [6.07, 6.45) is 4.33. The fourth-order valence-corrected chi connectivity index (χ4v) is 2.49. The van der Waals surface area contributed by atoms with Gasteiger partial charge in [-0.25, -0.2) is 0 Å². The molecule has 1 fully saturated rings. The monoisotopic (exact) mass is 247 g/mol. The van der Waals surface area contributed by atoms with E-state index in [0.717, 1.165) is 13.2 Å². The minimum absolute atomic E-state index is 0.330. The molecule has 1 N–H and O–H groups in total. The zero-order valence-corrected chi connectivity index (χ0v) is 11.8. The Kier molecular flexibility index (Phi) is 4.79. The molecule has 0 heterocycles. The lowest BCUT2D eigenvalue weighted by Gasteiger charge is -2.29. The van der Waals surface area contributed by atoms with Gasteiger partial charge in [-0.1, -0.05) is 30.7 Å². The predicted octanol–water partition coefficient (Wildman–Crippen LogP) is 3.52. The van der Waals surface area contributed by atoms with Gasteiger partial charge in [-0.15, -0.1) is 0 Å². The Balaban J connectivity index is 2.02. The number of likely N-dealkylation sites (N-methyl/N-ethyl adjacent to an activating group) is 1. The Morgan fingerprint density at radius 2 is 2.11 bits per heavy atom. The van der Waals surface area contributed by atoms with Crippen molar-refractivity contribution in [1.29, 1.82) is 0 Å². The molecule has 1 aliphatic carbocycles. The van der Waals surface area contributed by atoms with Gasteiger partial charge in [0.05, 0.1) is 18.8 Å². The molecule has 2 heteroatoms. The maximum absolute atomic E-state index is 5.97. The second kappa shape index (κ2) is 6.35. The molecule has 0 amide bonds. The van der Waals surface area contributed by atoms with Crippen LogP contribution in [0.15, 0.2) is 18.2 Å². The van der Waals surface area contributed by atoms with Gasteiger partial charge in [0.25, 0.3) is 0 Å². The normalized spacial score (nSPS) is 17.5. The van der Waals surface area contributed by atoms with E-state index in [1.807, 2.05) is 0 Å². The smallest absolute Gasteiger partial charge is 0.0665 e. The average Bonchev–Trinajstić information content (AvgIpc) is 2.26. The summed E-state index contributed by atoms with van der Waals surface area (Å²) in [6, 6.07) is 7.01. The van der Waals surface area contributed by atoms with Crippen LogP contribution < -0.4 is 5.32 Å². The third kappa shape index (κ3) is 3.33. The molecule has 0 radical (unpaired) electrons. The van der Waals surface area contributed by atoms with E-state index in [2.05, 4.69) is 44.3 Å². The highest BCUT2D eigenvalue weighted by Crippen LogP contribution is 2.25. The zero-order chi connectivity index (χ0) is 13.0. The van der Waals surface area contributed by atoms with Crippen LogP contribution in [0.3, 0.4) is 0 Å². The summed E-state index contributed by atoms with van der Waals surface area (Å²) in [4.78, 5) is 0. The van der Waals surface area contributed by atoms with Crippen LogP contribution in [-0.4, -0.2) is 19.3 Å². The van der Waals surface area contributed by atoms with Crippen LogP contribution in [0.1, 0.15) is 48.9 Å². The van der Waals surface area contributed by atoms with E-state index in [1.54, 1.807) is 0 Å². The predicted molar refractivity (Wildman–Crippen MR) is 75.9 cm³/mol. The molecule has 0 aromatic heterocycles. The van der Waals surface area contributed by atoms with Crippen molar-refractivity contribution in [3.63, 3.8) is 0 Å². The number of ether oxygens (including phenoxy) is 1. The van der Waals surface area contributed by atoms with Gasteiger partial charge in [-0.2, -0.15) is 0 Å². The van der Waals surface area contributed by atoms with E-state index in [-0.39, 0.29) is 0 Å². The number of nitrogens with one attached hydrogen (secondary N) is 1. The summed E-state index contributed by atoms with van der Waals surface area (Å²) in [7, 11) is 0. The van der Waals surface area contributed by atoms with Crippen molar-refractivity contribution in [3.05, 3.63) is 34.9 Å². The minimum Gasteiger partial charge on any atom is -0.376 e. The van der Waals surface area contributed by atoms with Crippen LogP contribution in [0.5, 0.6) is 0 Å². The van der Waals surface area contributed by atoms with Gasteiger partial charge in [0, 0.05) is 0 Å². The quantitative estimate of drug-likeness (QED) is 0.830. The molecule has 2 rings (SSSR count). The Morgan fingerprint density at radius 3 is 2.67 bits per heavy atom. The highest BCUT2D eigenvalue weighted by atomic mass is 16.5. The van der Waals surface area contributed by atoms with E-state index >= 15 is 0 Å². The molecule has 1 aromatic carbocycles. The number of aryl methyl sites for hydroxylation is 2. The largest absolute Gasteiger partial charge is 0.376 e. The Bertz CT molecular complexity index is 385. The molecule has 0 aliphatic heterocycles. The molecular weight excluding hydrogens is 222 g/mol. The maximum Gasteiger partial charge on any atom is 0.0665 e. The van der Waals surface area contributed by atoms with Crippen molar-refractivity contribution in [2.45, 2.75) is 52.2 Å². The highest BCUT2D eigenvalue weighted by Gasteiger charge is 2.20. The molecule has 0 saturated heterocycles. The number of hydrogen-bond acceptors (Lipinski definition) is 2. The van der Waals surface area contributed by atoms with Gasteiger partial charge in [-0.3, -0.25) is 0 Å². The van der Waals surface area contributed by atoms with E-state index in [9.17, 15) is 0 Å². The molecular formula is C16H25NO. The van der Waals surface area contributed by atoms with Crippen LogP contribution in [0.25, 0.3) is 0 Å². The zero-order valence-electron chi connectivity index (χ0n) is 11.8. The lowest BCUT2D eigenvalue weighted by atomic mass is 9.95. The van der Waals surface area contributed by atoms with Gasteiger partial charge in [0.1, 0.15) is 0 Å². The third-order valence-corrected chi connectivity index (χ3v) is 3.80. The van der Waals surface area contributed by atoms with Gasteiger partial charge >= 0.3 is 0 Å². The fraction of sp³-hybridized carbons (Fsp3) is 0.625. The van der Waals surface area contributed by atoms with Crippen LogP contribution in [0.2, 0.25) is 0 Å². The molecule has 100 valence electrons. The molecule has 1 aliphatic rings. The molecule has 1 atom stereocenters. The lowest BCUT2D eigenvalue weighted by molar-refractivity contribution is -0.00867. The highest BCUT2D eigenvalue weighted by molar-refractivity contribution is 5.32. The van der Waals surface area contributed by atoms with Gasteiger partial charge in [0.15, 0.2) is 0 Å². The van der Waals surface area contributed by atoms with Crippen molar-refractivity contribution >= 4 is 0 Å². The van der Waals surface area contributed by atoms with Crippen molar-refractivity contribution in [1.82, 2.24) is 5.32 Å². The first-order chi connectivity index (χ1) is 8.70. The van der Waals surface area contributed by atoms with E-state index in [0.29, 0.717) is 12.1 Å².